The molecule has 1 atom stereocenters. The summed E-state index contributed by atoms with van der Waals surface area (Å²) in [4.78, 5) is 54.2. The lowest BCUT2D eigenvalue weighted by atomic mass is 10.00. The lowest BCUT2D eigenvalue weighted by Crippen LogP contribution is -2.59. The summed E-state index contributed by atoms with van der Waals surface area (Å²) in [6, 6.07) is 8.68. The largest absolute Gasteiger partial charge is 0.418 e. The number of nitrogens with two attached hydrogens (primary N) is 1. The molecule has 16 heteroatoms. The number of para-hydroxylation sites is 1. The van der Waals surface area contributed by atoms with Gasteiger partial charge in [0, 0.05) is 67.6 Å². The summed E-state index contributed by atoms with van der Waals surface area (Å²) in [7, 11) is 0. The quantitative estimate of drug-likeness (QED) is 0.216. The van der Waals surface area contributed by atoms with Crippen LogP contribution in [0.2, 0.25) is 0 Å². The Labute approximate surface area is 300 Å². The molecule has 0 unspecified atom stereocenters. The highest BCUT2D eigenvalue weighted by Crippen LogP contribution is 2.38. The minimum atomic E-state index is -4.70. The summed E-state index contributed by atoms with van der Waals surface area (Å²) in [6.07, 6.45) is -0.0930. The number of fused-ring (bicyclic) bond motifs is 3. The number of rotatable bonds is 6. The fourth-order valence-electron chi connectivity index (χ4n) is 7.81. The average Bonchev–Trinajstić information content (AvgIpc) is 3.48. The number of urea groups is 1. The number of carbonyl (C=O) groups excluding carboxylic acids is 2. The van der Waals surface area contributed by atoms with E-state index in [0.29, 0.717) is 69.2 Å². The van der Waals surface area contributed by atoms with E-state index >= 15 is 0 Å². The van der Waals surface area contributed by atoms with Gasteiger partial charge < -0.3 is 31.2 Å². The third-order valence-corrected chi connectivity index (χ3v) is 11.2. The van der Waals surface area contributed by atoms with Crippen molar-refractivity contribution >= 4 is 55.5 Å². The van der Waals surface area contributed by atoms with Crippen LogP contribution in [0.4, 0.5) is 23.7 Å². The van der Waals surface area contributed by atoms with Crippen LogP contribution in [0.3, 0.4) is 0 Å². The summed E-state index contributed by atoms with van der Waals surface area (Å²) >= 11 is 3.15. The number of imidazole rings is 1. The van der Waals surface area contributed by atoms with Crippen molar-refractivity contribution in [1.82, 2.24) is 39.9 Å². The van der Waals surface area contributed by atoms with Crippen molar-refractivity contribution in [3.8, 4) is 0 Å². The second-order valence-electron chi connectivity index (χ2n) is 13.6. The summed E-state index contributed by atoms with van der Waals surface area (Å²) in [5.74, 6) is -0.338. The number of anilines is 1. The Bertz CT molecular complexity index is 1980. The predicted octanol–water partition coefficient (Wildman–Crippen LogP) is 4.10. The topological polar surface area (TPSA) is 145 Å². The molecule has 3 aliphatic rings. The van der Waals surface area contributed by atoms with Gasteiger partial charge in [-0.25, -0.2) is 9.59 Å². The van der Waals surface area contributed by atoms with Gasteiger partial charge in [-0.15, -0.1) is 0 Å². The number of pyridine rings is 1. The molecular formula is C35H41BrF3N9O3. The third-order valence-electron chi connectivity index (χ3n) is 10.6. The highest BCUT2D eigenvalue weighted by molar-refractivity contribution is 9.10. The molecule has 0 radical (unpaired) electrons. The minimum absolute atomic E-state index is 0.0678. The van der Waals surface area contributed by atoms with Crippen molar-refractivity contribution in [1.29, 1.82) is 0 Å². The zero-order valence-corrected chi connectivity index (χ0v) is 29.6. The van der Waals surface area contributed by atoms with E-state index in [0.717, 1.165) is 42.9 Å². The maximum Gasteiger partial charge on any atom is 0.418 e. The normalized spacial score (nSPS) is 19.1. The Hall–Kier alpha value is -4.15. The molecule has 51 heavy (non-hydrogen) atoms. The number of likely N-dealkylation sites (tertiary alicyclic amines) is 1. The number of alkyl halides is 3. The van der Waals surface area contributed by atoms with Crippen LogP contribution in [0, 0.1) is 0 Å². The SMILES string of the molecule is Nc1c(Br)cc(C[C@@H](NC(=O)N2CCC(n3c(=O)[nH]c4c5ccccc5ncc43)CC2)C(=O)N2CCN(C3CCNCC3)CC2)cc1C(F)(F)F. The molecule has 0 saturated carbocycles. The van der Waals surface area contributed by atoms with Gasteiger partial charge in [-0.2, -0.15) is 13.2 Å². The van der Waals surface area contributed by atoms with Crippen molar-refractivity contribution in [2.75, 3.05) is 58.1 Å². The lowest BCUT2D eigenvalue weighted by molar-refractivity contribution is -0.137. The van der Waals surface area contributed by atoms with Gasteiger partial charge in [-0.3, -0.25) is 19.2 Å². The number of piperazine rings is 1. The van der Waals surface area contributed by atoms with Gasteiger partial charge in [0.1, 0.15) is 6.04 Å². The van der Waals surface area contributed by atoms with E-state index in [1.165, 1.54) is 6.07 Å². The fraction of sp³-hybridized carbons (Fsp3) is 0.486. The van der Waals surface area contributed by atoms with E-state index in [4.69, 9.17) is 5.73 Å². The zero-order chi connectivity index (χ0) is 35.9. The van der Waals surface area contributed by atoms with Crippen LogP contribution in [0.25, 0.3) is 21.9 Å². The number of nitrogen functional groups attached to an aromatic ring is 1. The van der Waals surface area contributed by atoms with E-state index < -0.39 is 29.5 Å². The number of carbonyl (C=O) groups is 2. The maximum absolute atomic E-state index is 14.1. The molecule has 3 amide bonds. The van der Waals surface area contributed by atoms with Crippen molar-refractivity contribution < 1.29 is 22.8 Å². The lowest BCUT2D eigenvalue weighted by Gasteiger charge is -2.42. The average molecular weight is 773 g/mol. The van der Waals surface area contributed by atoms with E-state index in [1.807, 2.05) is 24.3 Å². The third kappa shape index (κ3) is 7.31. The predicted molar refractivity (Wildman–Crippen MR) is 191 cm³/mol. The van der Waals surface area contributed by atoms with E-state index in [1.54, 1.807) is 20.6 Å². The van der Waals surface area contributed by atoms with Crippen LogP contribution in [-0.4, -0.2) is 106 Å². The first-order valence-corrected chi connectivity index (χ1v) is 18.2. The number of hydrogen-bond acceptors (Lipinski definition) is 7. The fourth-order valence-corrected chi connectivity index (χ4v) is 8.32. The minimum Gasteiger partial charge on any atom is -0.397 e. The number of hydrogen-bond donors (Lipinski definition) is 4. The molecular weight excluding hydrogens is 731 g/mol. The number of aromatic amines is 1. The van der Waals surface area contributed by atoms with Crippen LogP contribution < -0.4 is 22.1 Å². The van der Waals surface area contributed by atoms with Crippen LogP contribution in [-0.2, 0) is 17.4 Å². The maximum atomic E-state index is 14.1. The number of piperidine rings is 2. The summed E-state index contributed by atoms with van der Waals surface area (Å²) in [5.41, 5.74) is 6.47. The molecule has 3 aliphatic heterocycles. The highest BCUT2D eigenvalue weighted by atomic mass is 79.9. The van der Waals surface area contributed by atoms with Gasteiger partial charge in [-0.05, 0) is 78.5 Å². The number of nitrogens with zero attached hydrogens (tertiary/aromatic N) is 5. The van der Waals surface area contributed by atoms with Crippen molar-refractivity contribution in [2.24, 2.45) is 0 Å². The zero-order valence-electron chi connectivity index (χ0n) is 28.0. The molecule has 2 aromatic carbocycles. The number of H-pyrrole nitrogens is 1. The van der Waals surface area contributed by atoms with Crippen LogP contribution in [0.5, 0.6) is 0 Å². The Kier molecular flexibility index (Phi) is 10.0. The van der Waals surface area contributed by atoms with Gasteiger partial charge in [0.15, 0.2) is 0 Å². The summed E-state index contributed by atoms with van der Waals surface area (Å²) in [5, 5.41) is 7.09. The van der Waals surface area contributed by atoms with Gasteiger partial charge in [-0.1, -0.05) is 18.2 Å². The van der Waals surface area contributed by atoms with Gasteiger partial charge in [0.25, 0.3) is 0 Å². The number of nitrogens with one attached hydrogen (secondary N) is 3. The standard InChI is InChI=1S/C35H41BrF3N9O3/c36-26-18-21(17-25(30(26)40)35(37,38)39)19-28(32(49)46-15-13-45(14-16-46)22-5-9-41-10-6-22)43-33(50)47-11-7-23(8-12-47)48-29-20-42-27-4-2-1-3-24(27)31(29)44-34(48)51/h1-4,17-18,20,22-23,28,41H,5-16,19,40H2,(H,43,50)(H,44,51)/t28-/m1/s1. The molecule has 0 bridgehead atoms. The number of benzene rings is 2. The van der Waals surface area contributed by atoms with Crippen LogP contribution in [0.15, 0.2) is 51.9 Å². The van der Waals surface area contributed by atoms with Crippen molar-refractivity contribution in [2.45, 2.75) is 56.4 Å². The molecule has 0 spiro atoms. The summed E-state index contributed by atoms with van der Waals surface area (Å²) in [6.45, 7) is 4.85. The van der Waals surface area contributed by atoms with E-state index in [-0.39, 0.29) is 34.1 Å². The number of halogens is 4. The Morgan fingerprint density at radius 3 is 2.39 bits per heavy atom. The van der Waals surface area contributed by atoms with Crippen LogP contribution >= 0.6 is 15.9 Å². The van der Waals surface area contributed by atoms with Crippen LogP contribution in [0.1, 0.15) is 42.9 Å². The molecule has 7 rings (SSSR count). The monoisotopic (exact) mass is 771 g/mol. The molecule has 5 N–H and O–H groups in total. The molecule has 3 fully saturated rings. The Balaban J connectivity index is 1.07. The smallest absolute Gasteiger partial charge is 0.397 e. The van der Waals surface area contributed by atoms with Crippen molar-refractivity contribution in [3.63, 3.8) is 0 Å². The molecule has 12 nitrogen and oxygen atoms in total. The first-order valence-electron chi connectivity index (χ1n) is 17.4. The number of amides is 3. The Morgan fingerprint density at radius 2 is 1.69 bits per heavy atom. The number of aromatic nitrogens is 3. The second kappa shape index (κ2) is 14.5. The molecule has 2 aromatic heterocycles. The molecule has 4 aromatic rings. The van der Waals surface area contributed by atoms with Gasteiger partial charge in [0.2, 0.25) is 5.91 Å². The molecule has 0 aliphatic carbocycles. The molecule has 3 saturated heterocycles. The highest BCUT2D eigenvalue weighted by Gasteiger charge is 2.37. The van der Waals surface area contributed by atoms with Gasteiger partial charge in [0.05, 0.1) is 34.0 Å². The molecule has 5 heterocycles. The first kappa shape index (κ1) is 35.3. The Morgan fingerprint density at radius 1 is 0.980 bits per heavy atom. The molecule has 272 valence electrons. The van der Waals surface area contributed by atoms with Gasteiger partial charge >= 0.3 is 17.9 Å². The van der Waals surface area contributed by atoms with E-state index in [2.05, 4.69) is 41.4 Å². The summed E-state index contributed by atoms with van der Waals surface area (Å²) < 4.78 is 43.4. The second-order valence-corrected chi connectivity index (χ2v) is 14.5. The van der Waals surface area contributed by atoms with Crippen molar-refractivity contribution in [3.05, 3.63) is 68.7 Å². The van der Waals surface area contributed by atoms with E-state index in [9.17, 15) is 27.6 Å². The first-order chi connectivity index (χ1) is 24.5.